The van der Waals surface area contributed by atoms with Crippen molar-refractivity contribution >= 4 is 17.8 Å². The Bertz CT molecular complexity index is 602. The molecule has 104 valence electrons. The quantitative estimate of drug-likeness (QED) is 0.807. The van der Waals surface area contributed by atoms with Gasteiger partial charge in [-0.25, -0.2) is 0 Å². The van der Waals surface area contributed by atoms with Gasteiger partial charge in [0.05, 0.1) is 7.11 Å². The molecule has 0 aliphatic heterocycles. The summed E-state index contributed by atoms with van der Waals surface area (Å²) in [5.41, 5.74) is 4.86. The molecule has 0 saturated heterocycles. The van der Waals surface area contributed by atoms with Crippen LogP contribution in [0.2, 0.25) is 0 Å². The number of benzene rings is 2. The van der Waals surface area contributed by atoms with Gasteiger partial charge in [0.15, 0.2) is 0 Å². The van der Waals surface area contributed by atoms with Gasteiger partial charge in [0.25, 0.3) is 0 Å². The molecule has 1 N–H and O–H groups in total. The predicted octanol–water partition coefficient (Wildman–Crippen LogP) is 4.47. The highest BCUT2D eigenvalue weighted by Gasteiger charge is 1.99. The first-order chi connectivity index (χ1) is 9.76. The number of anilines is 1. The minimum atomic E-state index is 0.879. The Morgan fingerprint density at radius 1 is 1.05 bits per heavy atom. The minimum Gasteiger partial charge on any atom is -0.497 e. The van der Waals surface area contributed by atoms with Crippen LogP contribution in [0.5, 0.6) is 5.75 Å². The van der Waals surface area contributed by atoms with E-state index < -0.39 is 0 Å². The molecule has 0 amide bonds. The van der Waals surface area contributed by atoms with E-state index in [-0.39, 0.29) is 0 Å². The second-order valence-corrected chi connectivity index (χ2v) is 4.63. The molecule has 0 radical (unpaired) electrons. The van der Waals surface area contributed by atoms with Crippen molar-refractivity contribution in [2.75, 3.05) is 19.5 Å². The van der Waals surface area contributed by atoms with Gasteiger partial charge >= 0.3 is 0 Å². The smallest absolute Gasteiger partial charge is 0.119 e. The van der Waals surface area contributed by atoms with Crippen molar-refractivity contribution in [1.82, 2.24) is 0 Å². The van der Waals surface area contributed by atoms with Crippen molar-refractivity contribution in [1.29, 1.82) is 0 Å². The fourth-order valence-corrected chi connectivity index (χ4v) is 2.18. The maximum atomic E-state index is 5.23. The Balaban J connectivity index is 2.22. The van der Waals surface area contributed by atoms with Crippen LogP contribution in [0.4, 0.5) is 5.69 Å². The first-order valence-electron chi connectivity index (χ1n) is 6.89. The SMILES string of the molecule is CCc1ccc(/C=C/c2cccc(OC)c2)cc1NC. The summed E-state index contributed by atoms with van der Waals surface area (Å²) in [5, 5.41) is 3.25. The minimum absolute atomic E-state index is 0.879. The summed E-state index contributed by atoms with van der Waals surface area (Å²) in [7, 11) is 3.65. The van der Waals surface area contributed by atoms with E-state index in [1.165, 1.54) is 16.8 Å². The Labute approximate surface area is 121 Å². The van der Waals surface area contributed by atoms with Gasteiger partial charge in [-0.3, -0.25) is 0 Å². The van der Waals surface area contributed by atoms with E-state index in [0.29, 0.717) is 0 Å². The van der Waals surface area contributed by atoms with Crippen LogP contribution in [0.1, 0.15) is 23.6 Å². The number of methoxy groups -OCH3 is 1. The molecule has 2 heteroatoms. The van der Waals surface area contributed by atoms with Crippen LogP contribution >= 0.6 is 0 Å². The summed E-state index contributed by atoms with van der Waals surface area (Å²) in [4.78, 5) is 0. The summed E-state index contributed by atoms with van der Waals surface area (Å²) in [6, 6.07) is 14.5. The van der Waals surface area contributed by atoms with Crippen molar-refractivity contribution in [3.8, 4) is 5.75 Å². The number of aryl methyl sites for hydroxylation is 1. The molecule has 0 aliphatic rings. The second-order valence-electron chi connectivity index (χ2n) is 4.63. The third-order valence-corrected chi connectivity index (χ3v) is 3.35. The second kappa shape index (κ2) is 6.80. The third kappa shape index (κ3) is 3.41. The van der Waals surface area contributed by atoms with E-state index in [4.69, 9.17) is 4.74 Å². The molecule has 2 rings (SSSR count). The van der Waals surface area contributed by atoms with Gasteiger partial charge in [-0.2, -0.15) is 0 Å². The summed E-state index contributed by atoms with van der Waals surface area (Å²) in [5.74, 6) is 0.879. The number of rotatable bonds is 5. The Morgan fingerprint density at radius 3 is 2.45 bits per heavy atom. The first kappa shape index (κ1) is 14.2. The van der Waals surface area contributed by atoms with Gasteiger partial charge in [-0.15, -0.1) is 0 Å². The first-order valence-corrected chi connectivity index (χ1v) is 6.89. The zero-order chi connectivity index (χ0) is 14.4. The number of hydrogen-bond donors (Lipinski definition) is 1. The van der Waals surface area contributed by atoms with Crippen molar-refractivity contribution < 1.29 is 4.74 Å². The maximum absolute atomic E-state index is 5.23. The lowest BCUT2D eigenvalue weighted by Gasteiger charge is -2.08. The topological polar surface area (TPSA) is 21.3 Å². The zero-order valence-corrected chi connectivity index (χ0v) is 12.3. The van der Waals surface area contributed by atoms with Gasteiger partial charge < -0.3 is 10.1 Å². The molecule has 0 aliphatic carbocycles. The molecule has 0 bridgehead atoms. The molecule has 2 aromatic rings. The highest BCUT2D eigenvalue weighted by atomic mass is 16.5. The molecular formula is C18H21NO. The van der Waals surface area contributed by atoms with E-state index in [0.717, 1.165) is 17.7 Å². The van der Waals surface area contributed by atoms with Crippen LogP contribution in [0.25, 0.3) is 12.2 Å². The van der Waals surface area contributed by atoms with E-state index in [9.17, 15) is 0 Å². The van der Waals surface area contributed by atoms with Crippen LogP contribution in [0.15, 0.2) is 42.5 Å². The predicted molar refractivity (Wildman–Crippen MR) is 87.3 cm³/mol. The highest BCUT2D eigenvalue weighted by molar-refractivity contribution is 5.72. The normalized spacial score (nSPS) is 10.8. The molecule has 2 nitrogen and oxygen atoms in total. The lowest BCUT2D eigenvalue weighted by Crippen LogP contribution is -1.94. The molecule has 0 heterocycles. The number of nitrogens with one attached hydrogen (secondary N) is 1. The molecule has 0 unspecified atom stereocenters. The van der Waals surface area contributed by atoms with Crippen LogP contribution in [0, 0.1) is 0 Å². The van der Waals surface area contributed by atoms with Crippen molar-refractivity contribution in [2.24, 2.45) is 0 Å². The summed E-state index contributed by atoms with van der Waals surface area (Å²) >= 11 is 0. The van der Waals surface area contributed by atoms with Crippen molar-refractivity contribution in [3.05, 3.63) is 59.2 Å². The Hall–Kier alpha value is -2.22. The Morgan fingerprint density at radius 2 is 1.80 bits per heavy atom. The Kier molecular flexibility index (Phi) is 4.83. The standard InChI is InChI=1S/C18H21NO/c1-4-16-11-10-15(13-18(16)19-2)9-8-14-6-5-7-17(12-14)20-3/h5-13,19H,4H2,1-3H3/b9-8+. The largest absolute Gasteiger partial charge is 0.497 e. The van der Waals surface area contributed by atoms with E-state index in [1.807, 2.05) is 25.2 Å². The van der Waals surface area contributed by atoms with Crippen molar-refractivity contribution in [3.63, 3.8) is 0 Å². The van der Waals surface area contributed by atoms with E-state index in [1.54, 1.807) is 7.11 Å². The fraction of sp³-hybridized carbons (Fsp3) is 0.222. The number of ether oxygens (including phenoxy) is 1. The summed E-state index contributed by atoms with van der Waals surface area (Å²) < 4.78 is 5.23. The van der Waals surface area contributed by atoms with Gasteiger partial charge in [0, 0.05) is 12.7 Å². The summed E-state index contributed by atoms with van der Waals surface area (Å²) in [6.07, 6.45) is 5.26. The van der Waals surface area contributed by atoms with Crippen LogP contribution < -0.4 is 10.1 Å². The average molecular weight is 267 g/mol. The van der Waals surface area contributed by atoms with Crippen LogP contribution in [0.3, 0.4) is 0 Å². The molecule has 0 aromatic heterocycles. The zero-order valence-electron chi connectivity index (χ0n) is 12.3. The average Bonchev–Trinajstić information content (AvgIpc) is 2.52. The molecular weight excluding hydrogens is 246 g/mol. The van der Waals surface area contributed by atoms with Crippen LogP contribution in [-0.4, -0.2) is 14.2 Å². The van der Waals surface area contributed by atoms with E-state index >= 15 is 0 Å². The van der Waals surface area contributed by atoms with Gasteiger partial charge in [-0.1, -0.05) is 43.3 Å². The lowest BCUT2D eigenvalue weighted by molar-refractivity contribution is 0.414. The van der Waals surface area contributed by atoms with Crippen LogP contribution in [-0.2, 0) is 6.42 Å². The molecule has 2 aromatic carbocycles. The summed E-state index contributed by atoms with van der Waals surface area (Å²) in [6.45, 7) is 2.17. The van der Waals surface area contributed by atoms with Gasteiger partial charge in [0.1, 0.15) is 5.75 Å². The molecule has 0 atom stereocenters. The number of hydrogen-bond acceptors (Lipinski definition) is 2. The van der Waals surface area contributed by atoms with E-state index in [2.05, 4.69) is 48.7 Å². The highest BCUT2D eigenvalue weighted by Crippen LogP contribution is 2.20. The molecule has 0 saturated carbocycles. The molecule has 20 heavy (non-hydrogen) atoms. The lowest BCUT2D eigenvalue weighted by atomic mass is 10.1. The fourth-order valence-electron chi connectivity index (χ4n) is 2.18. The molecule has 0 spiro atoms. The van der Waals surface area contributed by atoms with Gasteiger partial charge in [-0.05, 0) is 41.3 Å². The maximum Gasteiger partial charge on any atom is 0.119 e. The van der Waals surface area contributed by atoms with Crippen molar-refractivity contribution in [2.45, 2.75) is 13.3 Å². The molecule has 0 fully saturated rings. The van der Waals surface area contributed by atoms with Gasteiger partial charge in [0.2, 0.25) is 0 Å². The third-order valence-electron chi connectivity index (χ3n) is 3.35. The monoisotopic (exact) mass is 267 g/mol.